The molecule has 0 aromatic heterocycles. The van der Waals surface area contributed by atoms with Gasteiger partial charge in [0.05, 0.1) is 0 Å². The first kappa shape index (κ1) is 12.0. The molecular weight excluding hydrogens is 220 g/mol. The van der Waals surface area contributed by atoms with Crippen LogP contribution in [0, 0.1) is 5.92 Å². The second kappa shape index (κ2) is 5.31. The Kier molecular flexibility index (Phi) is 3.55. The summed E-state index contributed by atoms with van der Waals surface area (Å²) in [5.74, 6) is 0.784. The maximum Gasteiger partial charge on any atom is 0.0372 e. The molecular formula is C16H24N2. The summed E-state index contributed by atoms with van der Waals surface area (Å²) in [7, 11) is 0. The Morgan fingerprint density at radius 2 is 2.11 bits per heavy atom. The molecule has 1 saturated carbocycles. The number of anilines is 1. The minimum absolute atomic E-state index is 0.784. The van der Waals surface area contributed by atoms with E-state index in [9.17, 15) is 0 Å². The highest BCUT2D eigenvalue weighted by Gasteiger charge is 2.30. The minimum atomic E-state index is 0.784. The number of rotatable bonds is 5. The molecule has 1 N–H and O–H groups in total. The van der Waals surface area contributed by atoms with Crippen molar-refractivity contribution in [1.82, 2.24) is 4.90 Å². The van der Waals surface area contributed by atoms with Crippen molar-refractivity contribution in [2.75, 3.05) is 25.0 Å². The molecule has 2 nitrogen and oxygen atoms in total. The van der Waals surface area contributed by atoms with Gasteiger partial charge in [0.1, 0.15) is 0 Å². The number of benzene rings is 1. The fourth-order valence-electron chi connectivity index (χ4n) is 3.12. The van der Waals surface area contributed by atoms with Gasteiger partial charge in [-0.2, -0.15) is 0 Å². The van der Waals surface area contributed by atoms with Crippen LogP contribution in [0.2, 0.25) is 0 Å². The predicted molar refractivity (Wildman–Crippen MR) is 77.0 cm³/mol. The second-order valence-electron chi connectivity index (χ2n) is 5.83. The molecule has 3 rings (SSSR count). The van der Waals surface area contributed by atoms with Crippen LogP contribution in [0.1, 0.15) is 31.7 Å². The Morgan fingerprint density at radius 1 is 1.28 bits per heavy atom. The third kappa shape index (κ3) is 2.69. The normalized spacial score (nSPS) is 22.7. The molecule has 2 heteroatoms. The summed E-state index contributed by atoms with van der Waals surface area (Å²) in [6, 6.07) is 9.67. The van der Waals surface area contributed by atoms with Crippen molar-refractivity contribution in [1.29, 1.82) is 0 Å². The van der Waals surface area contributed by atoms with Gasteiger partial charge < -0.3 is 10.2 Å². The highest BCUT2D eigenvalue weighted by Crippen LogP contribution is 2.30. The maximum absolute atomic E-state index is 3.59. The lowest BCUT2D eigenvalue weighted by atomic mass is 9.93. The van der Waals surface area contributed by atoms with Gasteiger partial charge >= 0.3 is 0 Å². The van der Waals surface area contributed by atoms with Crippen LogP contribution in [0.5, 0.6) is 0 Å². The van der Waals surface area contributed by atoms with Crippen LogP contribution < -0.4 is 5.32 Å². The number of hydrogen-bond acceptors (Lipinski definition) is 2. The first-order chi connectivity index (χ1) is 8.86. The van der Waals surface area contributed by atoms with Gasteiger partial charge in [0.25, 0.3) is 0 Å². The van der Waals surface area contributed by atoms with Gasteiger partial charge in [-0.3, -0.25) is 0 Å². The number of nitrogens with zero attached hydrogens (tertiary/aromatic N) is 1. The lowest BCUT2D eigenvalue weighted by Gasteiger charge is -2.31. The first-order valence-corrected chi connectivity index (χ1v) is 7.42. The molecule has 1 aliphatic carbocycles. The van der Waals surface area contributed by atoms with Crippen molar-refractivity contribution < 1.29 is 0 Å². The molecule has 1 aromatic rings. The van der Waals surface area contributed by atoms with Gasteiger partial charge in [-0.15, -0.1) is 0 Å². The number of hydrogen-bond donors (Lipinski definition) is 1. The number of para-hydroxylation sites is 1. The van der Waals surface area contributed by atoms with Crippen LogP contribution in [-0.2, 0) is 6.42 Å². The molecule has 1 atom stereocenters. The highest BCUT2D eigenvalue weighted by molar-refractivity contribution is 5.53. The monoisotopic (exact) mass is 244 g/mol. The average Bonchev–Trinajstić information content (AvgIpc) is 3.22. The molecule has 2 aliphatic rings. The molecule has 0 amide bonds. The van der Waals surface area contributed by atoms with Gasteiger partial charge in [-0.1, -0.05) is 25.1 Å². The van der Waals surface area contributed by atoms with E-state index in [0.29, 0.717) is 0 Å². The van der Waals surface area contributed by atoms with Crippen molar-refractivity contribution in [3.63, 3.8) is 0 Å². The van der Waals surface area contributed by atoms with Crippen LogP contribution in [0.3, 0.4) is 0 Å². The molecule has 0 bridgehead atoms. The zero-order chi connectivity index (χ0) is 12.4. The van der Waals surface area contributed by atoms with Crippen molar-refractivity contribution in [2.45, 2.75) is 38.6 Å². The molecule has 1 heterocycles. The van der Waals surface area contributed by atoms with Gasteiger partial charge in [0, 0.05) is 24.8 Å². The van der Waals surface area contributed by atoms with Crippen molar-refractivity contribution >= 4 is 5.69 Å². The Labute approximate surface area is 110 Å². The first-order valence-electron chi connectivity index (χ1n) is 7.42. The van der Waals surface area contributed by atoms with E-state index in [2.05, 4.69) is 41.4 Å². The van der Waals surface area contributed by atoms with Gasteiger partial charge in [-0.25, -0.2) is 0 Å². The average molecular weight is 244 g/mol. The zero-order valence-corrected chi connectivity index (χ0v) is 11.4. The third-order valence-electron chi connectivity index (χ3n) is 4.17. The van der Waals surface area contributed by atoms with Crippen molar-refractivity contribution in [3.8, 4) is 0 Å². The van der Waals surface area contributed by atoms with Crippen molar-refractivity contribution in [2.24, 2.45) is 5.92 Å². The maximum atomic E-state index is 3.59. The lowest BCUT2D eigenvalue weighted by Crippen LogP contribution is -2.37. The van der Waals surface area contributed by atoms with E-state index in [1.807, 2.05) is 0 Å². The third-order valence-corrected chi connectivity index (χ3v) is 4.17. The van der Waals surface area contributed by atoms with Gasteiger partial charge in [0.15, 0.2) is 0 Å². The predicted octanol–water partition coefficient (Wildman–Crippen LogP) is 3.15. The summed E-state index contributed by atoms with van der Waals surface area (Å²) in [5.41, 5.74) is 2.85. The molecule has 0 radical (unpaired) electrons. The molecule has 1 aliphatic heterocycles. The molecule has 1 unspecified atom stereocenters. The molecule has 98 valence electrons. The van der Waals surface area contributed by atoms with E-state index in [0.717, 1.165) is 18.5 Å². The van der Waals surface area contributed by atoms with Crippen molar-refractivity contribution in [3.05, 3.63) is 29.8 Å². The van der Waals surface area contributed by atoms with E-state index >= 15 is 0 Å². The second-order valence-corrected chi connectivity index (χ2v) is 5.83. The fourth-order valence-corrected chi connectivity index (χ4v) is 3.12. The van der Waals surface area contributed by atoms with Gasteiger partial charge in [-0.05, 0) is 49.8 Å². The van der Waals surface area contributed by atoms with Crippen LogP contribution in [-0.4, -0.2) is 30.6 Å². The van der Waals surface area contributed by atoms with Gasteiger partial charge in [0.2, 0.25) is 0 Å². The standard InChI is InChI=1S/C16H24N2/c1-2-9-18(15-7-8-15)12-13-10-14-5-3-4-6-16(14)17-11-13/h3-6,13,15,17H,2,7-12H2,1H3. The smallest absolute Gasteiger partial charge is 0.0372 e. The van der Waals surface area contributed by atoms with Crippen LogP contribution in [0.25, 0.3) is 0 Å². The molecule has 0 saturated heterocycles. The Balaban J connectivity index is 1.61. The Morgan fingerprint density at radius 3 is 2.89 bits per heavy atom. The quantitative estimate of drug-likeness (QED) is 0.856. The zero-order valence-electron chi connectivity index (χ0n) is 11.4. The Hall–Kier alpha value is -1.02. The molecule has 0 spiro atoms. The summed E-state index contributed by atoms with van der Waals surface area (Å²) in [6.45, 7) is 6.00. The van der Waals surface area contributed by atoms with Crippen LogP contribution in [0.4, 0.5) is 5.69 Å². The summed E-state index contributed by atoms with van der Waals surface area (Å²) in [5, 5.41) is 3.59. The summed E-state index contributed by atoms with van der Waals surface area (Å²) in [4.78, 5) is 2.72. The molecule has 18 heavy (non-hydrogen) atoms. The minimum Gasteiger partial charge on any atom is -0.384 e. The van der Waals surface area contributed by atoms with E-state index in [1.54, 1.807) is 0 Å². The fraction of sp³-hybridized carbons (Fsp3) is 0.625. The Bertz CT molecular complexity index is 398. The lowest BCUT2D eigenvalue weighted by molar-refractivity contribution is 0.223. The molecule has 1 fully saturated rings. The van der Waals surface area contributed by atoms with E-state index < -0.39 is 0 Å². The summed E-state index contributed by atoms with van der Waals surface area (Å²) >= 11 is 0. The number of nitrogens with one attached hydrogen (secondary N) is 1. The topological polar surface area (TPSA) is 15.3 Å². The highest BCUT2D eigenvalue weighted by atomic mass is 15.2. The van der Waals surface area contributed by atoms with Crippen LogP contribution in [0.15, 0.2) is 24.3 Å². The van der Waals surface area contributed by atoms with E-state index in [4.69, 9.17) is 0 Å². The summed E-state index contributed by atoms with van der Waals surface area (Å²) in [6.07, 6.45) is 5.39. The number of fused-ring (bicyclic) bond motifs is 1. The SMILES string of the molecule is CCCN(CC1CNc2ccccc2C1)C1CC1. The molecule has 1 aromatic carbocycles. The van der Waals surface area contributed by atoms with E-state index in [1.165, 1.54) is 50.0 Å². The summed E-state index contributed by atoms with van der Waals surface area (Å²) < 4.78 is 0. The van der Waals surface area contributed by atoms with E-state index in [-0.39, 0.29) is 0 Å². The largest absolute Gasteiger partial charge is 0.384 e. The van der Waals surface area contributed by atoms with Crippen LogP contribution >= 0.6 is 0 Å².